The van der Waals surface area contributed by atoms with Crippen LogP contribution >= 0.6 is 9.39 Å². The maximum atomic E-state index is 11.6. The third-order valence-electron chi connectivity index (χ3n) is 3.39. The van der Waals surface area contributed by atoms with Gasteiger partial charge in [0.1, 0.15) is 6.04 Å². The Hall–Kier alpha value is -0.830. The summed E-state index contributed by atoms with van der Waals surface area (Å²) in [6, 6.07) is -0.566. The Kier molecular flexibility index (Phi) is 18.3. The number of carboxylic acids is 1. The number of methoxy groups -OCH3 is 1. The summed E-state index contributed by atoms with van der Waals surface area (Å²) in [4.78, 5) is 22.4. The van der Waals surface area contributed by atoms with E-state index in [0.29, 0.717) is 65.6 Å². The highest BCUT2D eigenvalue weighted by Gasteiger charge is 2.13. The minimum atomic E-state index is -0.871. The van der Waals surface area contributed by atoms with E-state index in [-0.39, 0.29) is 5.91 Å². The number of nitrogens with one attached hydrogen (secondary N) is 2. The normalized spacial score (nSPS) is 12.1. The van der Waals surface area contributed by atoms with Gasteiger partial charge < -0.3 is 29.4 Å². The van der Waals surface area contributed by atoms with Crippen molar-refractivity contribution in [3.63, 3.8) is 0 Å². The van der Waals surface area contributed by atoms with Crippen LogP contribution in [0.3, 0.4) is 0 Å². The van der Waals surface area contributed by atoms with Gasteiger partial charge in [0.25, 0.3) is 0 Å². The zero-order chi connectivity index (χ0) is 19.5. The van der Waals surface area contributed by atoms with Crippen molar-refractivity contribution in [3.05, 3.63) is 0 Å². The molecule has 0 saturated carbocycles. The second-order valence-electron chi connectivity index (χ2n) is 5.48. The number of ether oxygens (including phenoxy) is 4. The van der Waals surface area contributed by atoms with Crippen LogP contribution in [-0.2, 0) is 28.5 Å². The lowest BCUT2D eigenvalue weighted by molar-refractivity contribution is -0.139. The lowest BCUT2D eigenvalue weighted by Crippen LogP contribution is -2.30. The van der Waals surface area contributed by atoms with Crippen LogP contribution in [0.25, 0.3) is 0 Å². The second kappa shape index (κ2) is 18.9. The van der Waals surface area contributed by atoms with Crippen LogP contribution in [0.2, 0.25) is 0 Å². The molecule has 2 atom stereocenters. The number of amides is 1. The third kappa shape index (κ3) is 16.6. The van der Waals surface area contributed by atoms with Gasteiger partial charge in [-0.1, -0.05) is 9.39 Å². The molecule has 0 fully saturated rings. The van der Waals surface area contributed by atoms with Gasteiger partial charge in [-0.2, -0.15) is 0 Å². The number of hydrogen-bond acceptors (Lipinski definition) is 7. The molecular weight excluding hydrogens is 363 g/mol. The molecule has 0 aromatic rings. The van der Waals surface area contributed by atoms with Crippen molar-refractivity contribution < 1.29 is 33.6 Å². The number of hydrogen-bond donors (Lipinski definition) is 3. The van der Waals surface area contributed by atoms with E-state index < -0.39 is 12.0 Å². The molecule has 0 rings (SSSR count). The van der Waals surface area contributed by atoms with E-state index >= 15 is 0 Å². The average molecular weight is 396 g/mol. The fourth-order valence-corrected chi connectivity index (χ4v) is 2.23. The molecular formula is C16H33N2O7P. The topological polar surface area (TPSA) is 115 Å². The maximum Gasteiger partial charge on any atom is 0.320 e. The summed E-state index contributed by atoms with van der Waals surface area (Å²) in [5.74, 6) is -0.944. The van der Waals surface area contributed by atoms with E-state index in [0.717, 1.165) is 12.8 Å². The van der Waals surface area contributed by atoms with E-state index in [1.54, 1.807) is 7.11 Å². The highest BCUT2D eigenvalue weighted by molar-refractivity contribution is 7.13. The molecule has 10 heteroatoms. The van der Waals surface area contributed by atoms with E-state index in [9.17, 15) is 9.59 Å². The van der Waals surface area contributed by atoms with Crippen molar-refractivity contribution in [2.75, 3.05) is 59.9 Å². The lowest BCUT2D eigenvalue weighted by atomic mass is 10.1. The fraction of sp³-hybridized carbons (Fsp3) is 0.875. The van der Waals surface area contributed by atoms with E-state index in [4.69, 9.17) is 24.1 Å². The first-order valence-corrected chi connectivity index (χ1v) is 9.37. The predicted molar refractivity (Wildman–Crippen MR) is 100 cm³/mol. The Morgan fingerprint density at radius 2 is 1.54 bits per heavy atom. The van der Waals surface area contributed by atoms with Gasteiger partial charge in [0.15, 0.2) is 0 Å². The molecule has 0 aliphatic carbocycles. The highest BCUT2D eigenvalue weighted by Crippen LogP contribution is 2.02. The van der Waals surface area contributed by atoms with Gasteiger partial charge in [-0.3, -0.25) is 14.7 Å². The maximum absolute atomic E-state index is 11.6. The number of aliphatic carboxylic acids is 1. The number of carboxylic acid groups (broad SMARTS) is 1. The Labute approximate surface area is 157 Å². The average Bonchev–Trinajstić information content (AvgIpc) is 2.62. The molecule has 26 heavy (non-hydrogen) atoms. The Bertz CT molecular complexity index is 361. The van der Waals surface area contributed by atoms with Crippen molar-refractivity contribution in [1.29, 1.82) is 0 Å². The summed E-state index contributed by atoms with van der Waals surface area (Å²) in [7, 11) is 3.84. The first kappa shape index (κ1) is 25.2. The summed E-state index contributed by atoms with van der Waals surface area (Å²) in [5, 5.41) is 14.3. The zero-order valence-electron chi connectivity index (χ0n) is 15.5. The first-order chi connectivity index (χ1) is 12.6. The minimum Gasteiger partial charge on any atom is -0.480 e. The van der Waals surface area contributed by atoms with Crippen LogP contribution in [0, 0.1) is 0 Å². The molecule has 0 saturated heterocycles. The minimum absolute atomic E-state index is 0.0728. The standard InChI is InChI=1S/C16H33N2O7P/c1-22-8-9-24-12-13-25-11-10-23-7-5-15(19)17-6-3-2-4-14(18-26)16(20)21/h14,18H,2-13,26H2,1H3,(H,17,19)(H,20,21)/t14-/m0/s1. The van der Waals surface area contributed by atoms with Crippen molar-refractivity contribution in [1.82, 2.24) is 10.4 Å². The van der Waals surface area contributed by atoms with Crippen LogP contribution in [0.4, 0.5) is 0 Å². The summed E-state index contributed by atoms with van der Waals surface area (Å²) in [6.45, 7) is 3.93. The van der Waals surface area contributed by atoms with Crippen LogP contribution in [-0.4, -0.2) is 82.9 Å². The smallest absolute Gasteiger partial charge is 0.320 e. The van der Waals surface area contributed by atoms with Gasteiger partial charge in [-0.25, -0.2) is 0 Å². The fourth-order valence-electron chi connectivity index (χ4n) is 1.92. The monoisotopic (exact) mass is 396 g/mol. The molecule has 0 aromatic heterocycles. The molecule has 0 spiro atoms. The van der Waals surface area contributed by atoms with Gasteiger partial charge >= 0.3 is 5.97 Å². The number of carbonyl (C=O) groups is 2. The Morgan fingerprint density at radius 1 is 0.962 bits per heavy atom. The van der Waals surface area contributed by atoms with Gasteiger partial charge in [0, 0.05) is 20.1 Å². The second-order valence-corrected chi connectivity index (χ2v) is 5.82. The van der Waals surface area contributed by atoms with Crippen molar-refractivity contribution in [2.45, 2.75) is 31.7 Å². The molecule has 0 aliphatic rings. The van der Waals surface area contributed by atoms with Crippen LogP contribution in [0.5, 0.6) is 0 Å². The summed E-state index contributed by atoms with van der Waals surface area (Å²) >= 11 is 0. The lowest BCUT2D eigenvalue weighted by Gasteiger charge is -2.10. The van der Waals surface area contributed by atoms with Crippen LogP contribution in [0.15, 0.2) is 0 Å². The molecule has 1 unspecified atom stereocenters. The molecule has 1 amide bonds. The molecule has 0 heterocycles. The predicted octanol–water partition coefficient (Wildman–Crippen LogP) is 0.192. The Morgan fingerprint density at radius 3 is 2.08 bits per heavy atom. The number of rotatable bonds is 19. The molecule has 154 valence electrons. The SMILES string of the molecule is COCCOCCOCCOCCC(=O)NCCCC[C@H](NP)C(=O)O. The molecule has 0 radical (unpaired) electrons. The molecule has 0 bridgehead atoms. The summed E-state index contributed by atoms with van der Waals surface area (Å²) < 4.78 is 20.7. The molecule has 9 nitrogen and oxygen atoms in total. The zero-order valence-corrected chi connectivity index (χ0v) is 16.7. The van der Waals surface area contributed by atoms with Gasteiger partial charge in [0.2, 0.25) is 5.91 Å². The Balaban J connectivity index is 3.31. The van der Waals surface area contributed by atoms with Gasteiger partial charge in [-0.15, -0.1) is 0 Å². The summed E-state index contributed by atoms with van der Waals surface area (Å²) in [6.07, 6.45) is 2.28. The number of unbranched alkanes of at least 4 members (excludes halogenated alkanes) is 1. The van der Waals surface area contributed by atoms with Crippen LogP contribution in [0.1, 0.15) is 25.7 Å². The molecule has 3 N–H and O–H groups in total. The first-order valence-electron chi connectivity index (χ1n) is 8.79. The van der Waals surface area contributed by atoms with E-state index in [2.05, 4.69) is 19.8 Å². The van der Waals surface area contributed by atoms with E-state index in [1.807, 2.05) is 0 Å². The quantitative estimate of drug-likeness (QED) is 0.209. The largest absolute Gasteiger partial charge is 0.480 e. The van der Waals surface area contributed by atoms with Gasteiger partial charge in [0.05, 0.1) is 46.2 Å². The van der Waals surface area contributed by atoms with Crippen molar-refractivity contribution in [3.8, 4) is 0 Å². The van der Waals surface area contributed by atoms with Gasteiger partial charge in [-0.05, 0) is 19.3 Å². The highest BCUT2D eigenvalue weighted by atomic mass is 31.0. The summed E-state index contributed by atoms with van der Waals surface area (Å²) in [5.41, 5.74) is 0. The number of carbonyl (C=O) groups excluding carboxylic acids is 1. The third-order valence-corrected chi connectivity index (χ3v) is 3.79. The van der Waals surface area contributed by atoms with E-state index in [1.165, 1.54) is 0 Å². The van der Waals surface area contributed by atoms with Crippen LogP contribution < -0.4 is 10.4 Å². The molecule has 0 aromatic carbocycles. The van der Waals surface area contributed by atoms with Crippen molar-refractivity contribution in [2.24, 2.45) is 0 Å². The van der Waals surface area contributed by atoms with Crippen molar-refractivity contribution >= 4 is 21.3 Å². The molecule has 0 aliphatic heterocycles.